The molecule has 0 unspecified atom stereocenters. The fourth-order valence-electron chi connectivity index (χ4n) is 2.55. The molecule has 3 aromatic carbocycles. The number of phenols is 1. The fourth-order valence-corrected chi connectivity index (χ4v) is 3.94. The van der Waals surface area contributed by atoms with Crippen molar-refractivity contribution in [1.82, 2.24) is 0 Å². The van der Waals surface area contributed by atoms with Crippen LogP contribution in [0.25, 0.3) is 11.1 Å². The van der Waals surface area contributed by atoms with E-state index in [9.17, 15) is 9.90 Å². The maximum atomic E-state index is 11.1. The summed E-state index contributed by atoms with van der Waals surface area (Å²) >= 11 is 6.97. The summed E-state index contributed by atoms with van der Waals surface area (Å²) < 4.78 is 7.34. The predicted molar refractivity (Wildman–Crippen MR) is 126 cm³/mol. The molecule has 3 rings (SSSR count). The van der Waals surface area contributed by atoms with E-state index in [0.717, 1.165) is 5.56 Å². The van der Waals surface area contributed by atoms with Crippen LogP contribution in [0.4, 0.5) is 0 Å². The van der Waals surface area contributed by atoms with Crippen molar-refractivity contribution in [2.24, 2.45) is 5.16 Å². The van der Waals surface area contributed by atoms with Crippen LogP contribution in [0.5, 0.6) is 17.2 Å². The van der Waals surface area contributed by atoms with Gasteiger partial charge in [-0.1, -0.05) is 35.5 Å². The molecule has 0 aliphatic carbocycles. The second-order valence-corrected chi connectivity index (χ2v) is 8.81. The Morgan fingerprint density at radius 1 is 1.03 bits per heavy atom. The molecule has 0 radical (unpaired) electrons. The van der Waals surface area contributed by atoms with Crippen LogP contribution in [0.3, 0.4) is 0 Å². The lowest BCUT2D eigenvalue weighted by atomic mass is 10.0. The Kier molecular flexibility index (Phi) is 7.02. The van der Waals surface area contributed by atoms with Crippen molar-refractivity contribution < 1.29 is 24.6 Å². The van der Waals surface area contributed by atoms with Crippen molar-refractivity contribution in [3.05, 3.63) is 75.2 Å². The maximum Gasteiger partial charge on any atom is 0.350 e. The van der Waals surface area contributed by atoms with E-state index >= 15 is 0 Å². The van der Waals surface area contributed by atoms with Crippen molar-refractivity contribution in [3.63, 3.8) is 0 Å². The molecule has 0 saturated heterocycles. The molecular formula is C23H19Br2NO5. The molecule has 0 saturated carbocycles. The Labute approximate surface area is 196 Å². The molecule has 2 N–H and O–H groups in total. The fraction of sp³-hybridized carbons (Fsp3) is 0.130. The molecule has 8 heteroatoms. The first-order chi connectivity index (χ1) is 14.7. The van der Waals surface area contributed by atoms with E-state index in [1.165, 1.54) is 20.1 Å². The smallest absolute Gasteiger partial charge is 0.350 e. The van der Waals surface area contributed by atoms with E-state index in [1.807, 2.05) is 30.3 Å². The van der Waals surface area contributed by atoms with Gasteiger partial charge in [0, 0.05) is 5.56 Å². The first-order valence-corrected chi connectivity index (χ1v) is 10.8. The summed E-state index contributed by atoms with van der Waals surface area (Å²) in [5, 5.41) is 23.1. The van der Waals surface area contributed by atoms with Gasteiger partial charge in [-0.05, 0) is 87.2 Å². The Balaban J connectivity index is 1.83. The van der Waals surface area contributed by atoms with E-state index in [1.54, 1.807) is 30.3 Å². The minimum absolute atomic E-state index is 0.160. The molecule has 0 aliphatic heterocycles. The van der Waals surface area contributed by atoms with Crippen LogP contribution in [-0.4, -0.2) is 28.0 Å². The van der Waals surface area contributed by atoms with Gasteiger partial charge in [0.25, 0.3) is 0 Å². The van der Waals surface area contributed by atoms with Gasteiger partial charge in [-0.25, -0.2) is 4.79 Å². The van der Waals surface area contributed by atoms with Crippen LogP contribution < -0.4 is 4.74 Å². The number of aromatic hydroxyl groups is 1. The van der Waals surface area contributed by atoms with E-state index in [0.29, 0.717) is 31.6 Å². The molecule has 0 spiro atoms. The summed E-state index contributed by atoms with van der Waals surface area (Å²) in [6, 6.07) is 18.1. The van der Waals surface area contributed by atoms with E-state index in [4.69, 9.17) is 14.7 Å². The third kappa shape index (κ3) is 5.65. The Bertz CT molecular complexity index is 1110. The van der Waals surface area contributed by atoms with Crippen molar-refractivity contribution >= 4 is 44.0 Å². The SMILES string of the molecule is CC(C)(ON=Cc1cc(Br)c(Oc2ccc(O)c(-c3ccccc3)c2)c(Br)c1)C(=O)O. The number of hydrogen-bond acceptors (Lipinski definition) is 5. The molecule has 0 amide bonds. The molecule has 0 heterocycles. The first kappa shape index (κ1) is 22.8. The zero-order valence-corrected chi connectivity index (χ0v) is 19.8. The number of carboxylic acids is 1. The largest absolute Gasteiger partial charge is 0.507 e. The second-order valence-electron chi connectivity index (χ2n) is 7.10. The van der Waals surface area contributed by atoms with E-state index in [2.05, 4.69) is 37.0 Å². The van der Waals surface area contributed by atoms with Gasteiger partial charge in [0.2, 0.25) is 5.60 Å². The average molecular weight is 549 g/mol. The van der Waals surface area contributed by atoms with Gasteiger partial charge in [-0.2, -0.15) is 0 Å². The lowest BCUT2D eigenvalue weighted by molar-refractivity contribution is -0.161. The number of benzene rings is 3. The molecule has 0 atom stereocenters. The molecule has 0 bridgehead atoms. The molecule has 160 valence electrons. The number of rotatable bonds is 7. The summed E-state index contributed by atoms with van der Waals surface area (Å²) in [6.07, 6.45) is 1.41. The molecule has 31 heavy (non-hydrogen) atoms. The summed E-state index contributed by atoms with van der Waals surface area (Å²) in [4.78, 5) is 16.1. The number of aliphatic carboxylic acids is 1. The van der Waals surface area contributed by atoms with Crippen LogP contribution in [0, 0.1) is 0 Å². The second kappa shape index (κ2) is 9.53. The number of nitrogens with zero attached hydrogens (tertiary/aromatic N) is 1. The number of carboxylic acid groups (broad SMARTS) is 1. The highest BCUT2D eigenvalue weighted by atomic mass is 79.9. The molecule has 0 aromatic heterocycles. The van der Waals surface area contributed by atoms with Crippen molar-refractivity contribution in [2.75, 3.05) is 0 Å². The Hall–Kier alpha value is -2.84. The summed E-state index contributed by atoms with van der Waals surface area (Å²) in [6.45, 7) is 2.83. The first-order valence-electron chi connectivity index (χ1n) is 9.17. The highest BCUT2D eigenvalue weighted by molar-refractivity contribution is 9.11. The van der Waals surface area contributed by atoms with Crippen molar-refractivity contribution in [2.45, 2.75) is 19.4 Å². The van der Waals surface area contributed by atoms with E-state index < -0.39 is 11.6 Å². The van der Waals surface area contributed by atoms with Gasteiger partial charge in [0.1, 0.15) is 11.5 Å². The number of hydrogen-bond donors (Lipinski definition) is 2. The third-order valence-electron chi connectivity index (χ3n) is 4.29. The van der Waals surface area contributed by atoms with Gasteiger partial charge < -0.3 is 19.8 Å². The standard InChI is InChI=1S/C23H19Br2NO5/c1-23(2,22(28)29)31-26-13-14-10-18(24)21(19(25)11-14)30-16-8-9-20(27)17(12-16)15-6-4-3-5-7-15/h3-13,27H,1-2H3,(H,28,29). The predicted octanol–water partition coefficient (Wildman–Crippen LogP) is 6.59. The van der Waals surface area contributed by atoms with Crippen LogP contribution in [-0.2, 0) is 9.63 Å². The quantitative estimate of drug-likeness (QED) is 0.257. The van der Waals surface area contributed by atoms with Crippen molar-refractivity contribution in [1.29, 1.82) is 0 Å². The van der Waals surface area contributed by atoms with Gasteiger partial charge in [-0.3, -0.25) is 0 Å². The van der Waals surface area contributed by atoms with E-state index in [-0.39, 0.29) is 5.75 Å². The minimum Gasteiger partial charge on any atom is -0.507 e. The zero-order chi connectivity index (χ0) is 22.6. The third-order valence-corrected chi connectivity index (χ3v) is 5.47. The van der Waals surface area contributed by atoms with Gasteiger partial charge >= 0.3 is 5.97 Å². The maximum absolute atomic E-state index is 11.1. The lowest BCUT2D eigenvalue weighted by Gasteiger charge is -2.16. The van der Waals surface area contributed by atoms with Gasteiger partial charge in [0.05, 0.1) is 15.2 Å². The highest BCUT2D eigenvalue weighted by Gasteiger charge is 2.29. The van der Waals surface area contributed by atoms with Crippen molar-refractivity contribution in [3.8, 4) is 28.4 Å². The number of carbonyl (C=O) groups is 1. The lowest BCUT2D eigenvalue weighted by Crippen LogP contribution is -2.32. The number of phenolic OH excluding ortho intramolecular Hbond substituents is 1. The summed E-state index contributed by atoms with van der Waals surface area (Å²) in [7, 11) is 0. The molecule has 0 fully saturated rings. The van der Waals surface area contributed by atoms with Crippen LogP contribution in [0.2, 0.25) is 0 Å². The normalized spacial score (nSPS) is 11.5. The monoisotopic (exact) mass is 547 g/mol. The number of halogens is 2. The summed E-state index contributed by atoms with van der Waals surface area (Å²) in [5.41, 5.74) is 0.776. The topological polar surface area (TPSA) is 88.4 Å². The van der Waals surface area contributed by atoms with Gasteiger partial charge in [-0.15, -0.1) is 0 Å². The summed E-state index contributed by atoms with van der Waals surface area (Å²) in [5.74, 6) is 0.131. The van der Waals surface area contributed by atoms with Crippen LogP contribution in [0.15, 0.2) is 74.8 Å². The molecule has 0 aliphatic rings. The van der Waals surface area contributed by atoms with Crippen LogP contribution in [0.1, 0.15) is 19.4 Å². The number of ether oxygens (including phenoxy) is 1. The molecule has 6 nitrogen and oxygen atoms in total. The highest BCUT2D eigenvalue weighted by Crippen LogP contribution is 2.40. The Morgan fingerprint density at radius 3 is 2.29 bits per heavy atom. The molecule has 3 aromatic rings. The minimum atomic E-state index is -1.43. The van der Waals surface area contributed by atoms with Crippen LogP contribution >= 0.6 is 31.9 Å². The number of oxime groups is 1. The van der Waals surface area contributed by atoms with Gasteiger partial charge in [0.15, 0.2) is 5.75 Å². The Morgan fingerprint density at radius 2 is 1.68 bits per heavy atom. The zero-order valence-electron chi connectivity index (χ0n) is 16.7. The molecular weight excluding hydrogens is 530 g/mol. The average Bonchev–Trinajstić information content (AvgIpc) is 2.72.